The molecule has 0 radical (unpaired) electrons. The Morgan fingerprint density at radius 2 is 0.692 bits per heavy atom. The molecule has 0 aliphatic rings. The zero-order valence-electron chi connectivity index (χ0n) is 14.5. The number of ether oxygens (including phenoxy) is 1. The van der Waals surface area contributed by atoms with Gasteiger partial charge in [-0.2, -0.15) is 0 Å². The van der Waals surface area contributed by atoms with Gasteiger partial charge in [0.2, 0.25) is 0 Å². The normalized spacial score (nSPS) is 11.1. The van der Waals surface area contributed by atoms with Crippen LogP contribution in [0.1, 0.15) is 16.7 Å². The summed E-state index contributed by atoms with van der Waals surface area (Å²) in [5.74, 6) is 0.837. The highest BCUT2D eigenvalue weighted by Gasteiger charge is 2.38. The van der Waals surface area contributed by atoms with E-state index < -0.39 is 5.60 Å². The Kier molecular flexibility index (Phi) is 4.53. The summed E-state index contributed by atoms with van der Waals surface area (Å²) >= 11 is 0. The summed E-state index contributed by atoms with van der Waals surface area (Å²) < 4.78 is 6.76. The third-order valence-electron chi connectivity index (χ3n) is 4.56. The molecular weight excluding hydrogens is 316 g/mol. The maximum absolute atomic E-state index is 6.76. The molecule has 4 aromatic carbocycles. The molecule has 0 aliphatic carbocycles. The fourth-order valence-electron chi connectivity index (χ4n) is 3.36. The molecule has 4 aromatic rings. The molecule has 0 bridgehead atoms. The van der Waals surface area contributed by atoms with E-state index in [9.17, 15) is 0 Å². The quantitative estimate of drug-likeness (QED) is 0.403. The molecule has 1 nitrogen and oxygen atoms in total. The van der Waals surface area contributed by atoms with E-state index in [-0.39, 0.29) is 0 Å². The van der Waals surface area contributed by atoms with Gasteiger partial charge in [0, 0.05) is 16.7 Å². The second-order valence-electron chi connectivity index (χ2n) is 6.19. The van der Waals surface area contributed by atoms with Crippen molar-refractivity contribution in [3.8, 4) is 5.75 Å². The van der Waals surface area contributed by atoms with Crippen molar-refractivity contribution in [1.82, 2.24) is 0 Å². The highest BCUT2D eigenvalue weighted by Crippen LogP contribution is 2.40. The van der Waals surface area contributed by atoms with Gasteiger partial charge in [-0.1, -0.05) is 109 Å². The predicted molar refractivity (Wildman–Crippen MR) is 106 cm³/mol. The molecular formula is C25H20O. The third kappa shape index (κ3) is 3.00. The van der Waals surface area contributed by atoms with Crippen molar-refractivity contribution in [3.05, 3.63) is 138 Å². The van der Waals surface area contributed by atoms with Crippen molar-refractivity contribution in [2.24, 2.45) is 0 Å². The minimum absolute atomic E-state index is 0.717. The van der Waals surface area contributed by atoms with E-state index in [0.717, 1.165) is 22.4 Å². The summed E-state index contributed by atoms with van der Waals surface area (Å²) in [7, 11) is 0. The molecule has 0 fully saturated rings. The van der Waals surface area contributed by atoms with Gasteiger partial charge in [-0.05, 0) is 12.1 Å². The highest BCUT2D eigenvalue weighted by atomic mass is 16.5. The fraction of sp³-hybridized carbons (Fsp3) is 0.0400. The lowest BCUT2D eigenvalue weighted by atomic mass is 9.80. The molecule has 0 saturated carbocycles. The molecule has 1 heteroatoms. The Morgan fingerprint density at radius 1 is 0.385 bits per heavy atom. The lowest BCUT2D eigenvalue weighted by Crippen LogP contribution is -2.36. The van der Waals surface area contributed by atoms with E-state index in [1.165, 1.54) is 0 Å². The van der Waals surface area contributed by atoms with Crippen molar-refractivity contribution in [2.75, 3.05) is 0 Å². The average molecular weight is 336 g/mol. The molecule has 26 heavy (non-hydrogen) atoms. The molecule has 0 heterocycles. The second-order valence-corrected chi connectivity index (χ2v) is 6.19. The Hall–Kier alpha value is -3.32. The minimum Gasteiger partial charge on any atom is -0.473 e. The van der Waals surface area contributed by atoms with E-state index in [0.29, 0.717) is 0 Å². The first-order valence-electron chi connectivity index (χ1n) is 8.80. The standard InChI is InChI=1S/C25H20O/c1-5-13-21(14-6-1)25(22-15-7-2-8-16-22,23-17-9-3-10-18-23)26-24-19-11-4-12-20-24/h1-20H. The Labute approximate surface area is 154 Å². The van der Waals surface area contributed by atoms with Gasteiger partial charge < -0.3 is 4.74 Å². The predicted octanol–water partition coefficient (Wildman–Crippen LogP) is 6.06. The van der Waals surface area contributed by atoms with Crippen LogP contribution in [0, 0.1) is 0 Å². The fourth-order valence-corrected chi connectivity index (χ4v) is 3.36. The number of hydrogen-bond donors (Lipinski definition) is 0. The van der Waals surface area contributed by atoms with Crippen molar-refractivity contribution in [3.63, 3.8) is 0 Å². The summed E-state index contributed by atoms with van der Waals surface area (Å²) in [4.78, 5) is 0. The van der Waals surface area contributed by atoms with Crippen LogP contribution in [0.4, 0.5) is 0 Å². The first-order chi connectivity index (χ1) is 12.9. The molecule has 0 aliphatic heterocycles. The summed E-state index contributed by atoms with van der Waals surface area (Å²) in [6.07, 6.45) is 0. The molecule has 0 saturated heterocycles. The van der Waals surface area contributed by atoms with Gasteiger partial charge in [0.05, 0.1) is 0 Å². The molecule has 0 N–H and O–H groups in total. The number of rotatable bonds is 5. The van der Waals surface area contributed by atoms with E-state index >= 15 is 0 Å². The summed E-state index contributed by atoms with van der Waals surface area (Å²) in [6.45, 7) is 0. The van der Waals surface area contributed by atoms with Crippen LogP contribution in [0.3, 0.4) is 0 Å². The van der Waals surface area contributed by atoms with Crippen LogP contribution in [0.15, 0.2) is 121 Å². The van der Waals surface area contributed by atoms with Crippen LogP contribution in [0.25, 0.3) is 0 Å². The smallest absolute Gasteiger partial charge is 0.184 e. The first kappa shape index (κ1) is 16.2. The highest BCUT2D eigenvalue weighted by molar-refractivity contribution is 5.49. The Morgan fingerprint density at radius 3 is 1.04 bits per heavy atom. The zero-order chi connectivity index (χ0) is 17.7. The zero-order valence-corrected chi connectivity index (χ0v) is 14.5. The van der Waals surface area contributed by atoms with Gasteiger partial charge in [-0.25, -0.2) is 0 Å². The molecule has 126 valence electrons. The number of hydrogen-bond acceptors (Lipinski definition) is 1. The maximum atomic E-state index is 6.76. The minimum atomic E-state index is -0.717. The van der Waals surface area contributed by atoms with E-state index in [1.54, 1.807) is 0 Å². The van der Waals surface area contributed by atoms with Crippen molar-refractivity contribution in [2.45, 2.75) is 5.60 Å². The van der Waals surface area contributed by atoms with E-state index in [4.69, 9.17) is 4.74 Å². The SMILES string of the molecule is c1ccc(OC(c2ccccc2)(c2ccccc2)c2ccccc2)cc1. The number of benzene rings is 4. The summed E-state index contributed by atoms with van der Waals surface area (Å²) in [5, 5.41) is 0. The largest absolute Gasteiger partial charge is 0.473 e. The molecule has 0 unspecified atom stereocenters. The van der Waals surface area contributed by atoms with E-state index in [1.807, 2.05) is 48.5 Å². The van der Waals surface area contributed by atoms with Gasteiger partial charge >= 0.3 is 0 Å². The van der Waals surface area contributed by atoms with Crippen molar-refractivity contribution < 1.29 is 4.74 Å². The van der Waals surface area contributed by atoms with Gasteiger partial charge in [0.1, 0.15) is 5.75 Å². The van der Waals surface area contributed by atoms with Gasteiger partial charge in [-0.15, -0.1) is 0 Å². The van der Waals surface area contributed by atoms with Crippen LogP contribution in [0.5, 0.6) is 5.75 Å². The van der Waals surface area contributed by atoms with Crippen molar-refractivity contribution in [1.29, 1.82) is 0 Å². The monoisotopic (exact) mass is 336 g/mol. The van der Waals surface area contributed by atoms with Crippen LogP contribution in [0.2, 0.25) is 0 Å². The van der Waals surface area contributed by atoms with Crippen LogP contribution >= 0.6 is 0 Å². The second kappa shape index (κ2) is 7.28. The van der Waals surface area contributed by atoms with Crippen molar-refractivity contribution >= 4 is 0 Å². The molecule has 0 aromatic heterocycles. The third-order valence-corrected chi connectivity index (χ3v) is 4.56. The lowest BCUT2D eigenvalue weighted by molar-refractivity contribution is 0.155. The van der Waals surface area contributed by atoms with Gasteiger partial charge in [-0.3, -0.25) is 0 Å². The van der Waals surface area contributed by atoms with Crippen LogP contribution in [-0.2, 0) is 5.60 Å². The maximum Gasteiger partial charge on any atom is 0.184 e. The van der Waals surface area contributed by atoms with Gasteiger partial charge in [0.15, 0.2) is 5.60 Å². The molecule has 0 spiro atoms. The molecule has 0 amide bonds. The van der Waals surface area contributed by atoms with Crippen LogP contribution in [-0.4, -0.2) is 0 Å². The molecule has 0 atom stereocenters. The average Bonchev–Trinajstić information content (AvgIpc) is 2.75. The van der Waals surface area contributed by atoms with Gasteiger partial charge in [0.25, 0.3) is 0 Å². The molecule has 4 rings (SSSR count). The first-order valence-corrected chi connectivity index (χ1v) is 8.80. The topological polar surface area (TPSA) is 9.23 Å². The number of para-hydroxylation sites is 1. The Balaban J connectivity index is 2.00. The lowest BCUT2D eigenvalue weighted by Gasteiger charge is -2.36. The summed E-state index contributed by atoms with van der Waals surface area (Å²) in [6, 6.07) is 41.2. The van der Waals surface area contributed by atoms with E-state index in [2.05, 4.69) is 72.8 Å². The van der Waals surface area contributed by atoms with Crippen LogP contribution < -0.4 is 4.74 Å². The summed E-state index contributed by atoms with van der Waals surface area (Å²) in [5.41, 5.74) is 2.58. The Bertz CT molecular complexity index is 836.